The van der Waals surface area contributed by atoms with Crippen LogP contribution in [0.1, 0.15) is 61.6 Å². The SMILES string of the molecule is Cc1ccc2ccccc2c1CCc1sc2c(c1C(=O)CCc1ccccc1)CCCC2. The molecule has 0 atom stereocenters. The molecule has 0 N–H and O–H groups in total. The second kappa shape index (κ2) is 9.42. The van der Waals surface area contributed by atoms with Gasteiger partial charge in [-0.25, -0.2) is 0 Å². The third kappa shape index (κ3) is 4.29. The summed E-state index contributed by atoms with van der Waals surface area (Å²) in [5.74, 6) is 0.345. The van der Waals surface area contributed by atoms with E-state index in [2.05, 4.69) is 67.6 Å². The molecular formula is C30H30OS. The van der Waals surface area contributed by atoms with Crippen LogP contribution >= 0.6 is 11.3 Å². The van der Waals surface area contributed by atoms with Crippen LogP contribution in [0.4, 0.5) is 0 Å². The highest BCUT2D eigenvalue weighted by atomic mass is 32.1. The number of thiophene rings is 1. The number of carbonyl (C=O) groups is 1. The molecular weight excluding hydrogens is 408 g/mol. The Morgan fingerprint density at radius 2 is 1.62 bits per heavy atom. The van der Waals surface area contributed by atoms with Gasteiger partial charge in [0.15, 0.2) is 5.78 Å². The van der Waals surface area contributed by atoms with Crippen LogP contribution in [0.2, 0.25) is 0 Å². The minimum Gasteiger partial charge on any atom is -0.294 e. The lowest BCUT2D eigenvalue weighted by Gasteiger charge is -2.13. The summed E-state index contributed by atoms with van der Waals surface area (Å²) in [7, 11) is 0. The van der Waals surface area contributed by atoms with Crippen LogP contribution in [-0.2, 0) is 32.1 Å². The molecule has 0 amide bonds. The molecule has 1 aliphatic rings. The van der Waals surface area contributed by atoms with E-state index in [-0.39, 0.29) is 0 Å². The van der Waals surface area contributed by atoms with E-state index in [0.717, 1.165) is 37.7 Å². The second-order valence-corrected chi connectivity index (χ2v) is 10.2. The Morgan fingerprint density at radius 1 is 0.844 bits per heavy atom. The summed E-state index contributed by atoms with van der Waals surface area (Å²) in [5, 5.41) is 2.66. The number of aryl methyl sites for hydroxylation is 5. The van der Waals surface area contributed by atoms with Crippen LogP contribution in [0, 0.1) is 6.92 Å². The van der Waals surface area contributed by atoms with E-state index in [4.69, 9.17) is 0 Å². The summed E-state index contributed by atoms with van der Waals surface area (Å²) < 4.78 is 0. The van der Waals surface area contributed by atoms with Crippen LogP contribution in [0.5, 0.6) is 0 Å². The zero-order chi connectivity index (χ0) is 21.9. The van der Waals surface area contributed by atoms with Gasteiger partial charge < -0.3 is 0 Å². The number of fused-ring (bicyclic) bond motifs is 2. The monoisotopic (exact) mass is 438 g/mol. The van der Waals surface area contributed by atoms with Crippen LogP contribution < -0.4 is 0 Å². The van der Waals surface area contributed by atoms with Crippen molar-refractivity contribution < 1.29 is 4.79 Å². The number of benzene rings is 3. The second-order valence-electron chi connectivity index (χ2n) is 9.00. The lowest BCUT2D eigenvalue weighted by atomic mass is 9.89. The maximum absolute atomic E-state index is 13.5. The van der Waals surface area contributed by atoms with Crippen molar-refractivity contribution in [2.45, 2.75) is 58.3 Å². The molecule has 0 radical (unpaired) electrons. The molecule has 32 heavy (non-hydrogen) atoms. The fourth-order valence-corrected chi connectivity index (χ4v) is 6.58. The van der Waals surface area contributed by atoms with Gasteiger partial charge in [0.1, 0.15) is 0 Å². The van der Waals surface area contributed by atoms with Crippen molar-refractivity contribution in [1.29, 1.82) is 0 Å². The molecule has 0 saturated carbocycles. The van der Waals surface area contributed by atoms with E-state index in [1.807, 2.05) is 17.4 Å². The molecule has 0 spiro atoms. The molecule has 1 aromatic heterocycles. The van der Waals surface area contributed by atoms with E-state index >= 15 is 0 Å². The zero-order valence-electron chi connectivity index (χ0n) is 18.8. The lowest BCUT2D eigenvalue weighted by Crippen LogP contribution is -2.09. The third-order valence-corrected chi connectivity index (χ3v) is 8.24. The van der Waals surface area contributed by atoms with Crippen molar-refractivity contribution in [2.24, 2.45) is 0 Å². The van der Waals surface area contributed by atoms with Gasteiger partial charge >= 0.3 is 0 Å². The summed E-state index contributed by atoms with van der Waals surface area (Å²) in [6, 6.07) is 23.5. The standard InChI is InChI=1S/C30H30OS/c1-21-15-17-23-11-5-6-12-25(23)24(21)18-20-29-30(26-13-7-8-14-28(26)32-29)27(31)19-16-22-9-3-2-4-10-22/h2-6,9-12,15,17H,7-8,13-14,16,18-20H2,1H3. The highest BCUT2D eigenvalue weighted by molar-refractivity contribution is 7.12. The van der Waals surface area contributed by atoms with E-state index in [0.29, 0.717) is 12.2 Å². The maximum atomic E-state index is 13.5. The normalized spacial score (nSPS) is 13.3. The van der Waals surface area contributed by atoms with Crippen LogP contribution in [0.15, 0.2) is 66.7 Å². The molecule has 0 unspecified atom stereocenters. The van der Waals surface area contributed by atoms with Crippen molar-refractivity contribution in [3.05, 3.63) is 104 Å². The number of hydrogen-bond acceptors (Lipinski definition) is 2. The largest absolute Gasteiger partial charge is 0.294 e. The summed E-state index contributed by atoms with van der Waals surface area (Å²) in [5.41, 5.74) is 6.49. The highest BCUT2D eigenvalue weighted by Crippen LogP contribution is 2.37. The number of hydrogen-bond donors (Lipinski definition) is 0. The first-order valence-electron chi connectivity index (χ1n) is 11.9. The smallest absolute Gasteiger partial charge is 0.164 e. The van der Waals surface area contributed by atoms with Crippen LogP contribution in [0.25, 0.3) is 10.8 Å². The first-order valence-corrected chi connectivity index (χ1v) is 12.7. The first-order chi connectivity index (χ1) is 15.7. The summed E-state index contributed by atoms with van der Waals surface area (Å²) in [6.07, 6.45) is 8.07. The summed E-state index contributed by atoms with van der Waals surface area (Å²) in [6.45, 7) is 2.22. The third-order valence-electron chi connectivity index (χ3n) is 6.88. The lowest BCUT2D eigenvalue weighted by molar-refractivity contribution is 0.0981. The zero-order valence-corrected chi connectivity index (χ0v) is 19.6. The molecule has 162 valence electrons. The Hall–Kier alpha value is -2.71. The van der Waals surface area contributed by atoms with Gasteiger partial charge in [-0.1, -0.05) is 66.7 Å². The average molecular weight is 439 g/mol. The molecule has 1 nitrogen and oxygen atoms in total. The van der Waals surface area contributed by atoms with Gasteiger partial charge in [0.25, 0.3) is 0 Å². The number of carbonyl (C=O) groups excluding carboxylic acids is 1. The molecule has 0 fully saturated rings. The van der Waals surface area contributed by atoms with E-state index in [1.165, 1.54) is 55.6 Å². The fraction of sp³-hybridized carbons (Fsp3) is 0.300. The van der Waals surface area contributed by atoms with Crippen molar-refractivity contribution in [1.82, 2.24) is 0 Å². The van der Waals surface area contributed by atoms with Gasteiger partial charge in [0.05, 0.1) is 0 Å². The number of Topliss-reactive ketones (excluding diaryl/α,β-unsaturated/α-hetero) is 1. The minimum atomic E-state index is 0.345. The molecule has 0 saturated heterocycles. The van der Waals surface area contributed by atoms with E-state index < -0.39 is 0 Å². The number of rotatable bonds is 7. The van der Waals surface area contributed by atoms with Crippen molar-refractivity contribution >= 4 is 27.9 Å². The van der Waals surface area contributed by atoms with Gasteiger partial charge in [0, 0.05) is 21.7 Å². The Balaban J connectivity index is 1.42. The molecule has 1 aliphatic carbocycles. The Labute approximate surface area is 195 Å². The Kier molecular flexibility index (Phi) is 6.23. The molecule has 0 aliphatic heterocycles. The topological polar surface area (TPSA) is 17.1 Å². The van der Waals surface area contributed by atoms with E-state index in [1.54, 1.807) is 0 Å². The molecule has 3 aromatic carbocycles. The quantitative estimate of drug-likeness (QED) is 0.270. The Bertz CT molecular complexity index is 1250. The predicted molar refractivity (Wildman–Crippen MR) is 136 cm³/mol. The first kappa shape index (κ1) is 21.2. The fourth-order valence-electron chi connectivity index (χ4n) is 5.17. The minimum absolute atomic E-state index is 0.345. The van der Waals surface area contributed by atoms with Gasteiger partial charge in [-0.2, -0.15) is 0 Å². The van der Waals surface area contributed by atoms with Crippen LogP contribution in [0.3, 0.4) is 0 Å². The van der Waals surface area contributed by atoms with E-state index in [9.17, 15) is 4.79 Å². The molecule has 1 heterocycles. The molecule has 5 rings (SSSR count). The summed E-state index contributed by atoms with van der Waals surface area (Å²) >= 11 is 1.92. The molecule has 4 aromatic rings. The van der Waals surface area contributed by atoms with Gasteiger partial charge in [0.2, 0.25) is 0 Å². The van der Waals surface area contributed by atoms with Crippen molar-refractivity contribution in [3.63, 3.8) is 0 Å². The number of ketones is 1. The van der Waals surface area contributed by atoms with Gasteiger partial charge in [-0.3, -0.25) is 4.79 Å². The van der Waals surface area contributed by atoms with Gasteiger partial charge in [-0.05, 0) is 84.9 Å². The summed E-state index contributed by atoms with van der Waals surface area (Å²) in [4.78, 5) is 16.3. The molecule has 2 heteroatoms. The molecule has 0 bridgehead atoms. The van der Waals surface area contributed by atoms with Crippen LogP contribution in [-0.4, -0.2) is 5.78 Å². The van der Waals surface area contributed by atoms with Crippen molar-refractivity contribution in [3.8, 4) is 0 Å². The van der Waals surface area contributed by atoms with Gasteiger partial charge in [-0.15, -0.1) is 11.3 Å². The predicted octanol–water partition coefficient (Wildman–Crippen LogP) is 7.69. The average Bonchev–Trinajstić information content (AvgIpc) is 3.21. The maximum Gasteiger partial charge on any atom is 0.164 e. The highest BCUT2D eigenvalue weighted by Gasteiger charge is 2.25. The Morgan fingerprint density at radius 3 is 2.50 bits per heavy atom. The van der Waals surface area contributed by atoms with Crippen molar-refractivity contribution in [2.75, 3.05) is 0 Å².